The molecular weight excluding hydrogens is 433 g/mol. The van der Waals surface area contributed by atoms with Crippen LogP contribution < -0.4 is 10.9 Å². The highest BCUT2D eigenvalue weighted by molar-refractivity contribution is 7.12. The van der Waals surface area contributed by atoms with Gasteiger partial charge in [-0.05, 0) is 43.0 Å². The lowest BCUT2D eigenvalue weighted by atomic mass is 9.95. The predicted octanol–water partition coefficient (Wildman–Crippen LogP) is 4.23. The van der Waals surface area contributed by atoms with Crippen molar-refractivity contribution < 1.29 is 32.3 Å². The van der Waals surface area contributed by atoms with E-state index in [0.29, 0.717) is 5.56 Å². The summed E-state index contributed by atoms with van der Waals surface area (Å²) in [4.78, 5) is 24.9. The number of furan rings is 1. The van der Waals surface area contributed by atoms with Gasteiger partial charge in [0.15, 0.2) is 0 Å². The second kappa shape index (κ2) is 8.56. The summed E-state index contributed by atoms with van der Waals surface area (Å²) in [5.74, 6) is -2.59. The van der Waals surface area contributed by atoms with Crippen LogP contribution in [-0.2, 0) is 10.4 Å². The number of alkyl halides is 3. The Morgan fingerprint density at radius 3 is 2.29 bits per heavy atom. The van der Waals surface area contributed by atoms with Crippen LogP contribution in [-0.4, -0.2) is 23.1 Å². The number of halogens is 3. The Morgan fingerprint density at radius 1 is 1.03 bits per heavy atom. The molecule has 2 heterocycles. The number of hydrazine groups is 1. The molecule has 0 bridgehead atoms. The molecule has 0 radical (unpaired) electrons. The Kier molecular flexibility index (Phi) is 6.23. The first-order chi connectivity index (χ1) is 14.5. The van der Waals surface area contributed by atoms with Gasteiger partial charge in [0.1, 0.15) is 16.4 Å². The average Bonchev–Trinajstić information content (AvgIpc) is 3.35. The minimum atomic E-state index is -5.18. The Hall–Kier alpha value is -3.11. The fourth-order valence-electron chi connectivity index (χ4n) is 2.89. The molecule has 0 aliphatic rings. The second-order valence-corrected chi connectivity index (χ2v) is 7.89. The fraction of sp³-hybridized carbons (Fsp3) is 0.238. The van der Waals surface area contributed by atoms with Gasteiger partial charge in [-0.15, -0.1) is 11.3 Å². The van der Waals surface area contributed by atoms with E-state index < -0.39 is 35.8 Å². The summed E-state index contributed by atoms with van der Waals surface area (Å²) in [6.45, 7) is 3.33. The lowest BCUT2D eigenvalue weighted by molar-refractivity contribution is -0.273. The minimum Gasteiger partial charge on any atom is -0.463 e. The molecule has 6 nitrogen and oxygen atoms in total. The number of carbonyl (C=O) groups excluding carboxylic acids is 2. The summed E-state index contributed by atoms with van der Waals surface area (Å²) >= 11 is 1.12. The van der Waals surface area contributed by atoms with E-state index in [9.17, 15) is 27.9 Å². The number of hydrogen-bond donors (Lipinski definition) is 3. The van der Waals surface area contributed by atoms with Crippen LogP contribution in [0.4, 0.5) is 13.2 Å². The van der Waals surface area contributed by atoms with E-state index >= 15 is 0 Å². The van der Waals surface area contributed by atoms with E-state index in [2.05, 4.69) is 5.43 Å². The van der Waals surface area contributed by atoms with Crippen LogP contribution in [0.25, 0.3) is 11.1 Å². The van der Waals surface area contributed by atoms with Crippen molar-refractivity contribution in [3.8, 4) is 11.1 Å². The van der Waals surface area contributed by atoms with Gasteiger partial charge in [-0.2, -0.15) is 13.2 Å². The van der Waals surface area contributed by atoms with Crippen LogP contribution in [0.2, 0.25) is 0 Å². The standard InChI is InChI=1S/C21H19F3N2O4S/c1-12-3-6-14(7-4-12)15-9-10-31-18(15)19(28)26-25-17(27)11-20(29,21(22,23)24)16-8-5-13(2)30-16/h3-10,29H,11H2,1-2H3,(H,25,27)(H,26,28). The summed E-state index contributed by atoms with van der Waals surface area (Å²) in [7, 11) is 0. The third kappa shape index (κ3) is 4.80. The lowest BCUT2D eigenvalue weighted by Gasteiger charge is -2.27. The number of nitrogens with one attached hydrogen (secondary N) is 2. The molecule has 3 aromatic rings. The van der Waals surface area contributed by atoms with E-state index in [4.69, 9.17) is 4.42 Å². The van der Waals surface area contributed by atoms with Gasteiger partial charge in [0.2, 0.25) is 11.5 Å². The van der Waals surface area contributed by atoms with Gasteiger partial charge in [0.05, 0.1) is 6.42 Å². The van der Waals surface area contributed by atoms with Crippen molar-refractivity contribution in [2.75, 3.05) is 0 Å². The topological polar surface area (TPSA) is 91.6 Å². The van der Waals surface area contributed by atoms with Crippen LogP contribution in [0.3, 0.4) is 0 Å². The molecule has 0 saturated heterocycles. The number of carbonyl (C=O) groups is 2. The third-order valence-electron chi connectivity index (χ3n) is 4.58. The van der Waals surface area contributed by atoms with Crippen molar-refractivity contribution in [1.29, 1.82) is 0 Å². The summed E-state index contributed by atoms with van der Waals surface area (Å²) in [5.41, 5.74) is 2.94. The van der Waals surface area contributed by atoms with Crippen molar-refractivity contribution in [2.24, 2.45) is 0 Å². The lowest BCUT2D eigenvalue weighted by Crippen LogP contribution is -2.49. The average molecular weight is 452 g/mol. The van der Waals surface area contributed by atoms with Gasteiger partial charge in [0.25, 0.3) is 5.91 Å². The number of aliphatic hydroxyl groups is 1. The SMILES string of the molecule is Cc1ccc(-c2ccsc2C(=O)NNC(=O)CC(O)(c2ccc(C)o2)C(F)(F)F)cc1. The fourth-order valence-corrected chi connectivity index (χ4v) is 3.70. The molecule has 31 heavy (non-hydrogen) atoms. The molecule has 10 heteroatoms. The smallest absolute Gasteiger partial charge is 0.425 e. The molecule has 1 aromatic carbocycles. The van der Waals surface area contributed by atoms with Gasteiger partial charge < -0.3 is 9.52 Å². The molecule has 0 spiro atoms. The molecule has 0 fully saturated rings. The molecular formula is C21H19F3N2O4S. The van der Waals surface area contributed by atoms with E-state index in [1.165, 1.54) is 13.0 Å². The summed E-state index contributed by atoms with van der Waals surface area (Å²) in [6, 6.07) is 11.4. The number of benzene rings is 1. The molecule has 2 aromatic heterocycles. The van der Waals surface area contributed by atoms with Crippen LogP contribution in [0, 0.1) is 13.8 Å². The van der Waals surface area contributed by atoms with Crippen LogP contribution in [0.5, 0.6) is 0 Å². The largest absolute Gasteiger partial charge is 0.463 e. The maximum absolute atomic E-state index is 13.5. The zero-order chi connectivity index (χ0) is 22.8. The van der Waals surface area contributed by atoms with Gasteiger partial charge in [-0.1, -0.05) is 29.8 Å². The minimum absolute atomic E-state index is 0.146. The molecule has 3 rings (SSSR count). The Morgan fingerprint density at radius 2 is 1.71 bits per heavy atom. The zero-order valence-corrected chi connectivity index (χ0v) is 17.4. The molecule has 2 amide bonds. The van der Waals surface area contributed by atoms with E-state index in [1.807, 2.05) is 36.6 Å². The number of rotatable bonds is 5. The van der Waals surface area contributed by atoms with E-state index in [-0.39, 0.29) is 10.6 Å². The number of hydrogen-bond acceptors (Lipinski definition) is 5. The van der Waals surface area contributed by atoms with Gasteiger partial charge in [0, 0.05) is 5.56 Å². The van der Waals surface area contributed by atoms with E-state index in [1.54, 1.807) is 11.4 Å². The first kappa shape index (κ1) is 22.6. The Bertz CT molecular complexity index is 1090. The Labute approximate surface area is 179 Å². The van der Waals surface area contributed by atoms with Gasteiger partial charge >= 0.3 is 6.18 Å². The highest BCUT2D eigenvalue weighted by Crippen LogP contribution is 2.42. The van der Waals surface area contributed by atoms with Crippen molar-refractivity contribution >= 4 is 23.2 Å². The molecule has 0 aliphatic heterocycles. The number of amides is 2. The molecule has 1 atom stereocenters. The predicted molar refractivity (Wildman–Crippen MR) is 108 cm³/mol. The number of thiophene rings is 1. The third-order valence-corrected chi connectivity index (χ3v) is 5.50. The Balaban J connectivity index is 1.70. The van der Waals surface area contributed by atoms with Crippen LogP contribution in [0.1, 0.15) is 33.2 Å². The highest BCUT2D eigenvalue weighted by Gasteiger charge is 2.58. The van der Waals surface area contributed by atoms with Gasteiger partial charge in [-0.25, -0.2) is 0 Å². The van der Waals surface area contributed by atoms with Crippen molar-refractivity contribution in [2.45, 2.75) is 32.0 Å². The van der Waals surface area contributed by atoms with Crippen molar-refractivity contribution in [3.05, 3.63) is 69.8 Å². The van der Waals surface area contributed by atoms with Crippen molar-refractivity contribution in [3.63, 3.8) is 0 Å². The number of aryl methyl sites for hydroxylation is 2. The monoisotopic (exact) mass is 452 g/mol. The van der Waals surface area contributed by atoms with Crippen LogP contribution >= 0.6 is 11.3 Å². The van der Waals surface area contributed by atoms with E-state index in [0.717, 1.165) is 28.5 Å². The van der Waals surface area contributed by atoms with Gasteiger partial charge in [-0.3, -0.25) is 20.4 Å². The molecule has 3 N–H and O–H groups in total. The molecule has 0 saturated carbocycles. The summed E-state index contributed by atoms with van der Waals surface area (Å²) < 4.78 is 45.3. The first-order valence-corrected chi connectivity index (χ1v) is 9.99. The molecule has 1 unspecified atom stereocenters. The maximum Gasteiger partial charge on any atom is 0.425 e. The highest BCUT2D eigenvalue weighted by atomic mass is 32.1. The quantitative estimate of drug-likeness (QED) is 0.506. The normalized spacial score (nSPS) is 13.5. The first-order valence-electron chi connectivity index (χ1n) is 9.11. The van der Waals surface area contributed by atoms with Crippen molar-refractivity contribution in [1.82, 2.24) is 10.9 Å². The van der Waals surface area contributed by atoms with Crippen LogP contribution in [0.15, 0.2) is 52.3 Å². The molecule has 164 valence electrons. The zero-order valence-electron chi connectivity index (χ0n) is 16.5. The summed E-state index contributed by atoms with van der Waals surface area (Å²) in [6.07, 6.45) is -6.57. The second-order valence-electron chi connectivity index (χ2n) is 6.98. The molecule has 0 aliphatic carbocycles. The maximum atomic E-state index is 13.5. The summed E-state index contributed by atoms with van der Waals surface area (Å²) in [5, 5.41) is 11.9.